The van der Waals surface area contributed by atoms with Crippen molar-refractivity contribution >= 4 is 29.6 Å². The largest absolute Gasteiger partial charge is 0.424 e. The van der Waals surface area contributed by atoms with Gasteiger partial charge in [-0.25, -0.2) is 4.57 Å². The van der Waals surface area contributed by atoms with Gasteiger partial charge in [-0.3, -0.25) is 29.3 Å². The van der Waals surface area contributed by atoms with Crippen LogP contribution >= 0.6 is 18.2 Å². The third kappa shape index (κ3) is 5.33. The van der Waals surface area contributed by atoms with Crippen LogP contribution in [0.2, 0.25) is 0 Å². The summed E-state index contributed by atoms with van der Waals surface area (Å²) in [6, 6.07) is 11.5. The molecule has 132 valence electrons. The lowest BCUT2D eigenvalue weighted by atomic mass is 10.2. The van der Waals surface area contributed by atoms with Gasteiger partial charge in [-0.1, -0.05) is 24.3 Å². The minimum atomic E-state index is -4.10. The van der Waals surface area contributed by atoms with Crippen molar-refractivity contribution < 1.29 is 23.5 Å². The number of rotatable bonds is 8. The highest BCUT2D eigenvalue weighted by Gasteiger charge is 2.25. The first-order valence-electron chi connectivity index (χ1n) is 6.83. The molecule has 0 amide bonds. The summed E-state index contributed by atoms with van der Waals surface area (Å²) in [5, 5.41) is 21.8. The van der Waals surface area contributed by atoms with E-state index in [0.29, 0.717) is 0 Å². The average molecular weight is 387 g/mol. The van der Waals surface area contributed by atoms with Gasteiger partial charge in [0.1, 0.15) is 0 Å². The molecule has 0 spiro atoms. The molecule has 2 aromatic rings. The van der Waals surface area contributed by atoms with Crippen molar-refractivity contribution in [2.75, 3.05) is 0 Å². The number of nitro groups is 2. The van der Waals surface area contributed by atoms with Crippen LogP contribution in [0.3, 0.4) is 0 Å². The summed E-state index contributed by atoms with van der Waals surface area (Å²) in [4.78, 5) is 20.6. The zero-order valence-electron chi connectivity index (χ0n) is 12.6. The van der Waals surface area contributed by atoms with E-state index in [1.54, 1.807) is 12.1 Å². The van der Waals surface area contributed by atoms with E-state index in [4.69, 9.17) is 20.3 Å². The minimum absolute atomic E-state index is 0.169. The Morgan fingerprint density at radius 1 is 0.840 bits per heavy atom. The summed E-state index contributed by atoms with van der Waals surface area (Å²) in [7, 11) is 0. The second-order valence-electron chi connectivity index (χ2n) is 4.75. The van der Waals surface area contributed by atoms with Crippen molar-refractivity contribution in [3.63, 3.8) is 0 Å². The highest BCUT2D eigenvalue weighted by atomic mass is 35.7. The third-order valence-corrected chi connectivity index (χ3v) is 4.59. The second kappa shape index (κ2) is 8.17. The van der Waals surface area contributed by atoms with Crippen LogP contribution in [0, 0.1) is 20.2 Å². The van der Waals surface area contributed by atoms with E-state index in [1.807, 2.05) is 0 Å². The number of hydrogen-bond acceptors (Lipinski definition) is 7. The maximum atomic E-state index is 12.1. The lowest BCUT2D eigenvalue weighted by Crippen LogP contribution is -1.99. The molecule has 2 rings (SSSR count). The smallest absolute Gasteiger partial charge is 0.292 e. The summed E-state index contributed by atoms with van der Waals surface area (Å²) in [6.45, 7) is -4.91. The van der Waals surface area contributed by atoms with Gasteiger partial charge in [0.05, 0.1) is 34.2 Å². The molecule has 0 aliphatic rings. The Kier molecular flexibility index (Phi) is 6.22. The number of nitro benzene ring substituents is 2. The van der Waals surface area contributed by atoms with E-state index in [0.717, 1.165) is 0 Å². The fraction of sp³-hybridized carbons (Fsp3) is 0.143. The van der Waals surface area contributed by atoms with Gasteiger partial charge in [0.15, 0.2) is 0 Å². The zero-order chi connectivity index (χ0) is 18.4. The number of halogens is 1. The topological polar surface area (TPSA) is 122 Å². The van der Waals surface area contributed by atoms with Crippen molar-refractivity contribution in [2.45, 2.75) is 13.2 Å². The fourth-order valence-corrected chi connectivity index (χ4v) is 2.91. The molecular weight excluding hydrogens is 375 g/mol. The molecule has 0 radical (unpaired) electrons. The lowest BCUT2D eigenvalue weighted by molar-refractivity contribution is -0.385. The van der Waals surface area contributed by atoms with Gasteiger partial charge < -0.3 is 0 Å². The molecule has 2 aromatic carbocycles. The van der Waals surface area contributed by atoms with Gasteiger partial charge in [-0.2, -0.15) is 0 Å². The van der Waals surface area contributed by atoms with Crippen LogP contribution in [0.5, 0.6) is 0 Å². The Hall–Kier alpha value is -2.32. The number of para-hydroxylation sites is 2. The molecule has 0 fully saturated rings. The van der Waals surface area contributed by atoms with E-state index >= 15 is 0 Å². The monoisotopic (exact) mass is 386 g/mol. The van der Waals surface area contributed by atoms with Crippen molar-refractivity contribution in [1.29, 1.82) is 0 Å². The van der Waals surface area contributed by atoms with Crippen LogP contribution in [0.4, 0.5) is 11.4 Å². The zero-order valence-corrected chi connectivity index (χ0v) is 14.3. The standard InChI is InChI=1S/C14H12ClN2O7P/c15-25(22,23-9-11-5-1-3-7-13(11)16(18)19)24-10-12-6-2-4-8-14(12)17(20)21/h1-8H,9-10H2. The predicted molar refractivity (Wildman–Crippen MR) is 89.2 cm³/mol. The Balaban J connectivity index is 2.03. The molecular formula is C14H12ClN2O7P. The molecule has 0 aliphatic heterocycles. The van der Waals surface area contributed by atoms with Crippen molar-refractivity contribution in [3.8, 4) is 0 Å². The maximum Gasteiger partial charge on any atom is 0.424 e. The Bertz CT molecular complexity index is 780. The molecule has 25 heavy (non-hydrogen) atoms. The molecule has 0 saturated heterocycles. The first-order chi connectivity index (χ1) is 11.8. The molecule has 0 saturated carbocycles. The van der Waals surface area contributed by atoms with Crippen LogP contribution < -0.4 is 0 Å². The molecule has 0 unspecified atom stereocenters. The van der Waals surface area contributed by atoms with E-state index in [1.165, 1.54) is 36.4 Å². The Labute approximate surface area is 146 Å². The summed E-state index contributed by atoms with van der Waals surface area (Å²) in [6.07, 6.45) is 0. The number of nitrogens with zero attached hydrogens (tertiary/aromatic N) is 2. The van der Waals surface area contributed by atoms with Crippen LogP contribution in [-0.4, -0.2) is 9.85 Å². The minimum Gasteiger partial charge on any atom is -0.292 e. The van der Waals surface area contributed by atoms with Crippen molar-refractivity contribution in [1.82, 2.24) is 0 Å². The van der Waals surface area contributed by atoms with Crippen molar-refractivity contribution in [3.05, 3.63) is 79.9 Å². The fourth-order valence-electron chi connectivity index (χ4n) is 1.95. The van der Waals surface area contributed by atoms with Gasteiger partial charge in [-0.05, 0) is 12.1 Å². The van der Waals surface area contributed by atoms with Crippen LogP contribution in [0.25, 0.3) is 0 Å². The SMILES string of the molecule is O=[N+]([O-])c1ccccc1COP(=O)(Cl)OCc1ccccc1[N+](=O)[O-]. The molecule has 0 aromatic heterocycles. The number of hydrogen-bond donors (Lipinski definition) is 0. The summed E-state index contributed by atoms with van der Waals surface area (Å²) < 4.78 is 22.0. The predicted octanol–water partition coefficient (Wildman–Crippen LogP) is 4.58. The first-order valence-corrected chi connectivity index (χ1v) is 9.28. The van der Waals surface area contributed by atoms with E-state index < -0.39 is 30.0 Å². The van der Waals surface area contributed by atoms with E-state index in [9.17, 15) is 24.8 Å². The molecule has 11 heteroatoms. The highest BCUT2D eigenvalue weighted by Crippen LogP contribution is 2.55. The van der Waals surface area contributed by atoms with E-state index in [-0.39, 0.29) is 22.5 Å². The molecule has 0 atom stereocenters. The molecule has 0 N–H and O–H groups in total. The highest BCUT2D eigenvalue weighted by molar-refractivity contribution is 7.81. The quantitative estimate of drug-likeness (QED) is 0.369. The Morgan fingerprint density at radius 3 is 1.56 bits per heavy atom. The third-order valence-electron chi connectivity index (χ3n) is 3.13. The van der Waals surface area contributed by atoms with E-state index in [2.05, 4.69) is 0 Å². The number of benzene rings is 2. The van der Waals surface area contributed by atoms with Gasteiger partial charge >= 0.3 is 6.95 Å². The normalized spacial score (nSPS) is 11.2. The second-order valence-corrected chi connectivity index (χ2v) is 7.37. The Morgan fingerprint density at radius 2 is 1.20 bits per heavy atom. The summed E-state index contributed by atoms with van der Waals surface area (Å²) in [5.74, 6) is 0. The first kappa shape index (κ1) is 19.0. The molecule has 0 aliphatic carbocycles. The summed E-state index contributed by atoms with van der Waals surface area (Å²) >= 11 is 5.67. The van der Waals surface area contributed by atoms with Gasteiger partial charge in [0.2, 0.25) is 0 Å². The van der Waals surface area contributed by atoms with Crippen LogP contribution in [-0.2, 0) is 26.8 Å². The molecule has 0 heterocycles. The van der Waals surface area contributed by atoms with Gasteiger partial charge in [0.25, 0.3) is 11.4 Å². The van der Waals surface area contributed by atoms with Crippen LogP contribution in [0.1, 0.15) is 11.1 Å². The molecule has 0 bridgehead atoms. The average Bonchev–Trinajstić information content (AvgIpc) is 2.58. The maximum absolute atomic E-state index is 12.1. The molecule has 9 nitrogen and oxygen atoms in total. The van der Waals surface area contributed by atoms with Gasteiger partial charge in [0, 0.05) is 23.4 Å². The summed E-state index contributed by atoms with van der Waals surface area (Å²) in [5.41, 5.74) is -0.0824. The van der Waals surface area contributed by atoms with Gasteiger partial charge in [-0.15, -0.1) is 0 Å². The lowest BCUT2D eigenvalue weighted by Gasteiger charge is -2.12. The van der Waals surface area contributed by atoms with Crippen molar-refractivity contribution in [2.24, 2.45) is 0 Å². The van der Waals surface area contributed by atoms with Crippen LogP contribution in [0.15, 0.2) is 48.5 Å².